The third-order valence-electron chi connectivity index (χ3n) is 6.52. The lowest BCUT2D eigenvalue weighted by Gasteiger charge is -2.18. The van der Waals surface area contributed by atoms with E-state index in [-0.39, 0.29) is 28.6 Å². The zero-order valence-electron chi connectivity index (χ0n) is 20.6. The topological polar surface area (TPSA) is 126 Å². The van der Waals surface area contributed by atoms with Crippen molar-refractivity contribution < 1.29 is 19.8 Å². The Morgan fingerprint density at radius 3 is 2.47 bits per heavy atom. The average molecular weight is 503 g/mol. The molecule has 8 heteroatoms. The maximum Gasteiger partial charge on any atom is 0.335 e. The molecule has 0 radical (unpaired) electrons. The summed E-state index contributed by atoms with van der Waals surface area (Å²) in [6.07, 6.45) is 0. The molecular weight excluding hydrogens is 480 g/mol. The average Bonchev–Trinajstić information content (AvgIpc) is 3.19. The number of nitrogens with one attached hydrogen (secondary N) is 1. The number of carbonyl (C=O) groups is 2. The third-order valence-corrected chi connectivity index (χ3v) is 6.52. The SMILES string of the molecule is Cc1ccc(N2C(=O)C(=NNc3cccc(-c4cccc(C(=O)O)c4)c3O)c3cc(C#N)ccc32)cc1C. The number of aromatic carboxylic acids is 1. The Labute approximate surface area is 218 Å². The van der Waals surface area contributed by atoms with Gasteiger partial charge in [0.15, 0.2) is 5.71 Å². The van der Waals surface area contributed by atoms with Crippen LogP contribution in [0.15, 0.2) is 84.0 Å². The molecule has 0 aliphatic carbocycles. The van der Waals surface area contributed by atoms with E-state index in [0.717, 1.165) is 11.1 Å². The van der Waals surface area contributed by atoms with E-state index in [2.05, 4.69) is 16.6 Å². The number of anilines is 3. The first-order valence-electron chi connectivity index (χ1n) is 11.7. The van der Waals surface area contributed by atoms with Crippen LogP contribution in [0.5, 0.6) is 5.75 Å². The Bertz CT molecular complexity index is 1700. The van der Waals surface area contributed by atoms with Gasteiger partial charge in [-0.15, -0.1) is 0 Å². The van der Waals surface area contributed by atoms with Crippen LogP contribution in [-0.4, -0.2) is 27.8 Å². The number of amides is 1. The predicted molar refractivity (Wildman–Crippen MR) is 145 cm³/mol. The molecule has 5 rings (SSSR count). The number of hydrogen-bond acceptors (Lipinski definition) is 6. The van der Waals surface area contributed by atoms with Gasteiger partial charge in [0.25, 0.3) is 5.91 Å². The molecule has 8 nitrogen and oxygen atoms in total. The highest BCUT2D eigenvalue weighted by Gasteiger charge is 2.36. The number of benzene rings is 4. The highest BCUT2D eigenvalue weighted by Crippen LogP contribution is 2.39. The second-order valence-corrected chi connectivity index (χ2v) is 8.91. The fourth-order valence-corrected chi connectivity index (χ4v) is 4.35. The molecule has 1 amide bonds. The molecule has 38 heavy (non-hydrogen) atoms. The Balaban J connectivity index is 1.55. The summed E-state index contributed by atoms with van der Waals surface area (Å²) in [5.41, 5.74) is 8.40. The highest BCUT2D eigenvalue weighted by molar-refractivity contribution is 6.55. The Morgan fingerprint density at radius 2 is 1.74 bits per heavy atom. The highest BCUT2D eigenvalue weighted by atomic mass is 16.4. The zero-order valence-corrected chi connectivity index (χ0v) is 20.6. The molecule has 0 saturated heterocycles. The van der Waals surface area contributed by atoms with Gasteiger partial charge in [-0.1, -0.05) is 30.3 Å². The van der Waals surface area contributed by atoms with E-state index < -0.39 is 5.97 Å². The summed E-state index contributed by atoms with van der Waals surface area (Å²) < 4.78 is 0. The molecule has 1 aliphatic rings. The molecule has 1 aliphatic heterocycles. The molecule has 186 valence electrons. The first-order valence-corrected chi connectivity index (χ1v) is 11.7. The number of carboxylic acid groups (broad SMARTS) is 1. The summed E-state index contributed by atoms with van der Waals surface area (Å²) >= 11 is 0. The van der Waals surface area contributed by atoms with Crippen LogP contribution in [0.1, 0.15) is 32.6 Å². The minimum absolute atomic E-state index is 0.0907. The molecule has 0 aromatic heterocycles. The Hall–Kier alpha value is -5.42. The van der Waals surface area contributed by atoms with Gasteiger partial charge in [0.1, 0.15) is 5.75 Å². The summed E-state index contributed by atoms with van der Waals surface area (Å²) in [4.78, 5) is 26.5. The van der Waals surface area contributed by atoms with Crippen LogP contribution in [-0.2, 0) is 4.79 Å². The number of aryl methyl sites for hydroxylation is 2. The maximum absolute atomic E-state index is 13.6. The van der Waals surface area contributed by atoms with Crippen molar-refractivity contribution in [1.29, 1.82) is 5.26 Å². The second kappa shape index (κ2) is 9.56. The molecule has 0 atom stereocenters. The normalized spacial score (nSPS) is 13.3. The number of aromatic hydroxyl groups is 1. The van der Waals surface area contributed by atoms with E-state index in [1.807, 2.05) is 32.0 Å². The van der Waals surface area contributed by atoms with Gasteiger partial charge in [-0.05, 0) is 79.1 Å². The standard InChI is InChI=1S/C30H22N4O4/c1-17-9-11-22(13-18(17)2)34-26-12-10-19(16-31)14-24(26)27(29(34)36)33-32-25-8-4-7-23(28(25)35)20-5-3-6-21(15-20)30(37)38/h3-15,32,35H,1-2H3,(H,37,38). The monoisotopic (exact) mass is 502 g/mol. The first kappa shape index (κ1) is 24.3. The van der Waals surface area contributed by atoms with Crippen molar-refractivity contribution in [2.24, 2.45) is 5.10 Å². The van der Waals surface area contributed by atoms with Crippen molar-refractivity contribution >= 4 is 34.7 Å². The number of para-hydroxylation sites is 1. The third kappa shape index (κ3) is 4.22. The molecule has 3 N–H and O–H groups in total. The van der Waals surface area contributed by atoms with Crippen molar-refractivity contribution in [3.63, 3.8) is 0 Å². The number of nitrogens with zero attached hydrogens (tertiary/aromatic N) is 3. The van der Waals surface area contributed by atoms with Crippen molar-refractivity contribution in [3.8, 4) is 22.9 Å². The number of carboxylic acids is 1. The summed E-state index contributed by atoms with van der Waals surface area (Å²) in [7, 11) is 0. The van der Waals surface area contributed by atoms with Crippen LogP contribution in [0, 0.1) is 25.2 Å². The first-order chi connectivity index (χ1) is 18.3. The molecule has 0 fully saturated rings. The van der Waals surface area contributed by atoms with Crippen LogP contribution in [0.4, 0.5) is 17.1 Å². The van der Waals surface area contributed by atoms with Gasteiger partial charge in [0.2, 0.25) is 0 Å². The number of hydrazone groups is 1. The molecule has 0 bridgehead atoms. The predicted octanol–water partition coefficient (Wildman–Crippen LogP) is 5.74. The van der Waals surface area contributed by atoms with Gasteiger partial charge < -0.3 is 10.2 Å². The van der Waals surface area contributed by atoms with Gasteiger partial charge in [-0.25, -0.2) is 4.79 Å². The minimum Gasteiger partial charge on any atom is -0.505 e. The van der Waals surface area contributed by atoms with E-state index >= 15 is 0 Å². The van der Waals surface area contributed by atoms with Crippen molar-refractivity contribution in [3.05, 3.63) is 107 Å². The van der Waals surface area contributed by atoms with Crippen LogP contribution < -0.4 is 10.3 Å². The van der Waals surface area contributed by atoms with Gasteiger partial charge in [0.05, 0.1) is 28.6 Å². The Morgan fingerprint density at radius 1 is 0.947 bits per heavy atom. The quantitative estimate of drug-likeness (QED) is 0.236. The van der Waals surface area contributed by atoms with Gasteiger partial charge in [0, 0.05) is 16.8 Å². The van der Waals surface area contributed by atoms with Crippen molar-refractivity contribution in [2.75, 3.05) is 10.3 Å². The number of nitriles is 1. The van der Waals surface area contributed by atoms with E-state index in [1.165, 1.54) is 12.1 Å². The number of carbonyl (C=O) groups excluding carboxylic acids is 1. The van der Waals surface area contributed by atoms with Crippen LogP contribution in [0.2, 0.25) is 0 Å². The summed E-state index contributed by atoms with van der Waals surface area (Å²) in [6.45, 7) is 3.96. The van der Waals surface area contributed by atoms with Crippen LogP contribution in [0.3, 0.4) is 0 Å². The molecular formula is C30H22N4O4. The molecule has 0 spiro atoms. The molecule has 0 unspecified atom stereocenters. The smallest absolute Gasteiger partial charge is 0.335 e. The largest absolute Gasteiger partial charge is 0.505 e. The lowest BCUT2D eigenvalue weighted by molar-refractivity contribution is -0.111. The lowest BCUT2D eigenvalue weighted by Crippen LogP contribution is -2.26. The fourth-order valence-electron chi connectivity index (χ4n) is 4.35. The number of phenols is 1. The van der Waals surface area contributed by atoms with Gasteiger partial charge in [-0.3, -0.25) is 15.1 Å². The lowest BCUT2D eigenvalue weighted by atomic mass is 10.0. The molecule has 4 aromatic rings. The van der Waals surface area contributed by atoms with Crippen LogP contribution >= 0.6 is 0 Å². The minimum atomic E-state index is -1.07. The van der Waals surface area contributed by atoms with Crippen LogP contribution in [0.25, 0.3) is 11.1 Å². The van der Waals surface area contributed by atoms with E-state index in [9.17, 15) is 25.1 Å². The molecule has 0 saturated carbocycles. The summed E-state index contributed by atoms with van der Waals surface area (Å²) in [5, 5.41) is 34.1. The molecule has 4 aromatic carbocycles. The number of fused-ring (bicyclic) bond motifs is 1. The van der Waals surface area contributed by atoms with Gasteiger partial charge >= 0.3 is 5.97 Å². The summed E-state index contributed by atoms with van der Waals surface area (Å²) in [6, 6.07) is 24.0. The Kier molecular flexibility index (Phi) is 6.11. The summed E-state index contributed by atoms with van der Waals surface area (Å²) in [5.74, 6) is -1.60. The number of phenolic OH excluding ortho intramolecular Hbond substituents is 1. The van der Waals surface area contributed by atoms with Crippen molar-refractivity contribution in [1.82, 2.24) is 0 Å². The van der Waals surface area contributed by atoms with E-state index in [1.54, 1.807) is 53.4 Å². The molecule has 1 heterocycles. The second-order valence-electron chi connectivity index (χ2n) is 8.91. The van der Waals surface area contributed by atoms with E-state index in [4.69, 9.17) is 0 Å². The maximum atomic E-state index is 13.6. The number of rotatable bonds is 5. The van der Waals surface area contributed by atoms with Crippen molar-refractivity contribution in [2.45, 2.75) is 13.8 Å². The van der Waals surface area contributed by atoms with E-state index in [0.29, 0.717) is 33.6 Å². The fraction of sp³-hybridized carbons (Fsp3) is 0.0667. The number of hydrogen-bond donors (Lipinski definition) is 3. The zero-order chi connectivity index (χ0) is 27.0. The van der Waals surface area contributed by atoms with Gasteiger partial charge in [-0.2, -0.15) is 10.4 Å².